The SMILES string of the molecule is CCc1ccc2[cH-]c(C(C)C)cc2c1-c1ccccc1-c1ccccc1.CCc1ccc2[cH-]c(C(C)C)cc2c1-c1ccccc1-c1ccccc1.[Cl][Zr][Cl].[c-]1cccc2c1[Si]c1ccccc1-2. The molecule has 338 valence electrons. The zero-order valence-corrected chi connectivity index (χ0v) is 44.8. The van der Waals surface area contributed by atoms with E-state index in [0.29, 0.717) is 11.8 Å². The summed E-state index contributed by atoms with van der Waals surface area (Å²) < 4.78 is 0. The first kappa shape index (κ1) is 49.1. The Morgan fingerprint density at radius 3 is 1.31 bits per heavy atom. The number of benzene rings is 8. The van der Waals surface area contributed by atoms with Crippen molar-refractivity contribution < 1.29 is 20.8 Å². The number of hydrogen-bond donors (Lipinski definition) is 0. The molecule has 0 atom stereocenters. The Bertz CT molecular complexity index is 3010. The van der Waals surface area contributed by atoms with Gasteiger partial charge in [-0.05, 0) is 58.1 Å². The van der Waals surface area contributed by atoms with Gasteiger partial charge in [0.15, 0.2) is 0 Å². The fraction of sp³-hybridized carbons (Fsp3) is 0.156. The minimum atomic E-state index is -0.826. The molecule has 11 rings (SSSR count). The first-order valence-electron chi connectivity index (χ1n) is 23.8. The smallest absolute Gasteiger partial charge is 0.0920 e. The maximum atomic E-state index is 4.93. The number of halogens is 2. The molecule has 0 fully saturated rings. The van der Waals surface area contributed by atoms with Crippen LogP contribution < -0.4 is 10.4 Å². The monoisotopic (exact) mass is 1010 g/mol. The average molecular weight is 1020 g/mol. The molecule has 2 radical (unpaired) electrons. The summed E-state index contributed by atoms with van der Waals surface area (Å²) in [7, 11) is 10.7. The van der Waals surface area contributed by atoms with E-state index in [4.69, 9.17) is 17.0 Å². The average Bonchev–Trinajstić information content (AvgIpc) is 4.13. The van der Waals surface area contributed by atoms with Gasteiger partial charge in [0.1, 0.15) is 0 Å². The van der Waals surface area contributed by atoms with Gasteiger partial charge in [0.25, 0.3) is 0 Å². The Morgan fingerprint density at radius 2 is 0.868 bits per heavy atom. The standard InChI is InChI=1S/2C26H25.C12H7Si.2ClH.Zr/c2*1-4-19-14-15-21-16-22(18(2)3)17-25(21)26(19)24-13-9-8-12-23(24)20-10-6-5-7-11-20;1-3-7-11-9(5-1)10-6-2-4-8-12(10)13-11;;;/h2*5-18H,4H2,1-3H3;1-7H;2*1H;/q3*-1;;;+2/p-2. The van der Waals surface area contributed by atoms with Gasteiger partial charge in [-0.25, -0.2) is 0 Å². The van der Waals surface area contributed by atoms with Crippen LogP contribution in [0.5, 0.6) is 0 Å². The molecular weight excluding hydrogens is 959 g/mol. The van der Waals surface area contributed by atoms with Crippen LogP contribution in [0.1, 0.15) is 75.6 Å². The van der Waals surface area contributed by atoms with E-state index < -0.39 is 20.8 Å². The van der Waals surface area contributed by atoms with E-state index in [2.05, 4.69) is 242 Å². The van der Waals surface area contributed by atoms with Gasteiger partial charge >= 0.3 is 37.9 Å². The Morgan fingerprint density at radius 1 is 0.471 bits per heavy atom. The topological polar surface area (TPSA) is 0 Å². The summed E-state index contributed by atoms with van der Waals surface area (Å²) in [6.07, 6.45) is 2.08. The van der Waals surface area contributed by atoms with Crippen molar-refractivity contribution in [3.63, 3.8) is 0 Å². The molecule has 0 saturated carbocycles. The molecule has 0 saturated heterocycles. The normalized spacial score (nSPS) is 11.3. The van der Waals surface area contributed by atoms with Crippen molar-refractivity contribution in [2.45, 2.75) is 66.2 Å². The second kappa shape index (κ2) is 23.3. The van der Waals surface area contributed by atoms with E-state index in [-0.39, 0.29) is 0 Å². The van der Waals surface area contributed by atoms with Gasteiger partial charge in [0.2, 0.25) is 0 Å². The van der Waals surface area contributed by atoms with Gasteiger partial charge in [0.05, 0.1) is 9.52 Å². The van der Waals surface area contributed by atoms with Crippen molar-refractivity contribution in [3.05, 3.63) is 229 Å². The van der Waals surface area contributed by atoms with Gasteiger partial charge in [-0.15, -0.1) is 74.6 Å². The summed E-state index contributed by atoms with van der Waals surface area (Å²) in [6, 6.07) is 76.0. The summed E-state index contributed by atoms with van der Waals surface area (Å²) >= 11 is -0.826. The fourth-order valence-electron chi connectivity index (χ4n) is 9.46. The van der Waals surface area contributed by atoms with Gasteiger partial charge in [-0.2, -0.15) is 41.6 Å². The molecule has 0 amide bonds. The van der Waals surface area contributed by atoms with Crippen LogP contribution in [-0.4, -0.2) is 9.52 Å². The van der Waals surface area contributed by atoms with Crippen LogP contribution in [-0.2, 0) is 33.7 Å². The van der Waals surface area contributed by atoms with Crippen LogP contribution in [0.2, 0.25) is 0 Å². The molecule has 1 heterocycles. The molecule has 0 unspecified atom stereocenters. The van der Waals surface area contributed by atoms with E-state index in [9.17, 15) is 0 Å². The van der Waals surface area contributed by atoms with Gasteiger partial charge in [0, 0.05) is 0 Å². The molecule has 10 aromatic carbocycles. The number of rotatable bonds is 8. The van der Waals surface area contributed by atoms with Gasteiger partial charge in [-0.1, -0.05) is 208 Å². The predicted octanol–water partition coefficient (Wildman–Crippen LogP) is 17.7. The fourth-order valence-corrected chi connectivity index (χ4v) is 10.8. The molecule has 4 heteroatoms. The second-order valence-electron chi connectivity index (χ2n) is 17.8. The minimum Gasteiger partial charge on any atom is -0.184 e. The third kappa shape index (κ3) is 10.9. The molecule has 10 aromatic rings. The van der Waals surface area contributed by atoms with E-state index in [1.807, 2.05) is 6.07 Å². The first-order chi connectivity index (χ1) is 33.2. The molecule has 0 spiro atoms. The van der Waals surface area contributed by atoms with Crippen molar-refractivity contribution in [1.82, 2.24) is 0 Å². The zero-order valence-electron chi connectivity index (χ0n) is 39.9. The largest absolute Gasteiger partial charge is 0.184 e. The van der Waals surface area contributed by atoms with Crippen molar-refractivity contribution in [1.29, 1.82) is 0 Å². The molecule has 0 nitrogen and oxygen atoms in total. The summed E-state index contributed by atoms with van der Waals surface area (Å²) in [4.78, 5) is 0. The Kier molecular flexibility index (Phi) is 16.8. The molecule has 0 N–H and O–H groups in total. The Hall–Kier alpha value is -5.34. The summed E-state index contributed by atoms with van der Waals surface area (Å²) in [5, 5.41) is 8.30. The quantitative estimate of drug-likeness (QED) is 0.105. The Balaban J connectivity index is 0.000000140. The van der Waals surface area contributed by atoms with E-state index in [1.165, 1.54) is 110 Å². The number of hydrogen-bond acceptors (Lipinski definition) is 0. The van der Waals surface area contributed by atoms with Gasteiger partial charge in [-0.3, -0.25) is 0 Å². The van der Waals surface area contributed by atoms with Crippen LogP contribution >= 0.6 is 17.0 Å². The number of aryl methyl sites for hydroxylation is 2. The minimum absolute atomic E-state index is 0.546. The second-order valence-corrected chi connectivity index (χ2v) is 22.8. The maximum Gasteiger partial charge on any atom is 0.0920 e. The van der Waals surface area contributed by atoms with Crippen molar-refractivity contribution in [2.75, 3.05) is 0 Å². The van der Waals surface area contributed by atoms with Crippen LogP contribution in [0.25, 0.3) is 77.2 Å². The van der Waals surface area contributed by atoms with E-state index in [1.54, 1.807) is 0 Å². The van der Waals surface area contributed by atoms with Crippen molar-refractivity contribution in [3.8, 4) is 55.6 Å². The summed E-state index contributed by atoms with van der Waals surface area (Å²) in [5.41, 5.74) is 19.1. The number of fused-ring (bicyclic) bond motifs is 5. The third-order valence-corrected chi connectivity index (χ3v) is 14.4. The molecule has 0 aromatic heterocycles. The molecule has 0 aliphatic carbocycles. The zero-order chi connectivity index (χ0) is 47.6. The van der Waals surface area contributed by atoms with Gasteiger partial charge < -0.3 is 0 Å². The van der Waals surface area contributed by atoms with Crippen LogP contribution in [0.15, 0.2) is 200 Å². The van der Waals surface area contributed by atoms with Crippen LogP contribution in [0.4, 0.5) is 0 Å². The Labute approximate surface area is 426 Å². The molecule has 68 heavy (non-hydrogen) atoms. The summed E-state index contributed by atoms with van der Waals surface area (Å²) in [6.45, 7) is 13.6. The van der Waals surface area contributed by atoms with E-state index >= 15 is 0 Å². The predicted molar refractivity (Wildman–Crippen MR) is 295 cm³/mol. The molecule has 1 aliphatic heterocycles. The third-order valence-electron chi connectivity index (χ3n) is 13.0. The molecule has 1 aliphatic rings. The van der Waals surface area contributed by atoms with Crippen molar-refractivity contribution in [2.24, 2.45) is 0 Å². The van der Waals surface area contributed by atoms with Crippen LogP contribution in [0, 0.1) is 6.07 Å². The maximum absolute atomic E-state index is 4.93. The first-order valence-corrected chi connectivity index (χ1v) is 31.1. The van der Waals surface area contributed by atoms with E-state index in [0.717, 1.165) is 22.4 Å². The van der Waals surface area contributed by atoms with Crippen molar-refractivity contribution >= 4 is 58.5 Å². The van der Waals surface area contributed by atoms with Crippen LogP contribution in [0.3, 0.4) is 0 Å². The molecule has 0 bridgehead atoms. The summed E-state index contributed by atoms with van der Waals surface area (Å²) in [5.74, 6) is 1.09. The molecular formula is C64H57Cl2SiZr-3.